The Balaban J connectivity index is 1.77. The fourth-order valence-electron chi connectivity index (χ4n) is 2.77. The minimum absolute atomic E-state index is 0.0976. The van der Waals surface area contributed by atoms with Gasteiger partial charge in [0.05, 0.1) is 12.0 Å². The summed E-state index contributed by atoms with van der Waals surface area (Å²) in [6, 6.07) is 8.03. The van der Waals surface area contributed by atoms with Crippen LogP contribution in [-0.4, -0.2) is 15.8 Å². The molecule has 1 aromatic carbocycles. The summed E-state index contributed by atoms with van der Waals surface area (Å²) in [4.78, 5) is 19.9. The van der Waals surface area contributed by atoms with Crippen molar-refractivity contribution in [3.05, 3.63) is 53.1 Å². The van der Waals surface area contributed by atoms with E-state index >= 15 is 0 Å². The van der Waals surface area contributed by atoms with Gasteiger partial charge < -0.3 is 4.98 Å². The van der Waals surface area contributed by atoms with Crippen molar-refractivity contribution in [3.63, 3.8) is 0 Å². The first-order chi connectivity index (χ1) is 9.28. The summed E-state index contributed by atoms with van der Waals surface area (Å²) in [6.45, 7) is 2.12. The van der Waals surface area contributed by atoms with Gasteiger partial charge in [0, 0.05) is 17.2 Å². The number of aryl methyl sites for hydroxylation is 2. The van der Waals surface area contributed by atoms with E-state index in [2.05, 4.69) is 29.0 Å². The third-order valence-corrected chi connectivity index (χ3v) is 4.01. The molecule has 1 aliphatic rings. The fraction of sp³-hybridized carbons (Fsp3) is 0.375. The molecule has 1 unspecified atom stereocenters. The van der Waals surface area contributed by atoms with Crippen LogP contribution in [0.5, 0.6) is 0 Å². The zero-order chi connectivity index (χ0) is 13.2. The normalized spacial score (nSPS) is 18.1. The summed E-state index contributed by atoms with van der Waals surface area (Å²) in [7, 11) is 0. The molecule has 0 spiro atoms. The van der Waals surface area contributed by atoms with Crippen LogP contribution in [0.25, 0.3) is 0 Å². The van der Waals surface area contributed by atoms with Crippen molar-refractivity contribution >= 4 is 5.78 Å². The average Bonchev–Trinajstić information content (AvgIpc) is 2.94. The molecular formula is C16H18N2O. The van der Waals surface area contributed by atoms with Crippen molar-refractivity contribution < 1.29 is 4.79 Å². The minimum Gasteiger partial charge on any atom is -0.348 e. The van der Waals surface area contributed by atoms with Crippen molar-refractivity contribution in [1.82, 2.24) is 9.97 Å². The van der Waals surface area contributed by atoms with E-state index in [0.29, 0.717) is 0 Å². The molecule has 1 N–H and O–H groups in total. The summed E-state index contributed by atoms with van der Waals surface area (Å²) in [5.74, 6) is 0.364. The van der Waals surface area contributed by atoms with Gasteiger partial charge in [-0.1, -0.05) is 31.2 Å². The van der Waals surface area contributed by atoms with Crippen LogP contribution in [-0.2, 0) is 19.3 Å². The maximum atomic E-state index is 12.5. The summed E-state index contributed by atoms with van der Waals surface area (Å²) in [6.07, 6.45) is 5.35. The number of aromatic amines is 1. The number of hydrogen-bond donors (Lipinski definition) is 1. The molecule has 0 fully saturated rings. The zero-order valence-electron chi connectivity index (χ0n) is 11.1. The third kappa shape index (κ3) is 2.33. The van der Waals surface area contributed by atoms with E-state index in [9.17, 15) is 4.79 Å². The first-order valence-electron chi connectivity index (χ1n) is 6.92. The molecule has 3 rings (SSSR count). The van der Waals surface area contributed by atoms with Crippen LogP contribution in [0.2, 0.25) is 0 Å². The van der Waals surface area contributed by atoms with E-state index in [4.69, 9.17) is 0 Å². The van der Waals surface area contributed by atoms with Crippen LogP contribution in [0.3, 0.4) is 0 Å². The number of ketones is 1. The Hall–Kier alpha value is -1.90. The Morgan fingerprint density at radius 1 is 1.37 bits per heavy atom. The Kier molecular flexibility index (Phi) is 3.20. The number of H-pyrrole nitrogens is 1. The molecule has 0 bridgehead atoms. The molecule has 2 aromatic rings. The van der Waals surface area contributed by atoms with Crippen molar-refractivity contribution in [2.45, 2.75) is 32.6 Å². The van der Waals surface area contributed by atoms with E-state index in [1.165, 1.54) is 5.56 Å². The Morgan fingerprint density at radius 3 is 2.89 bits per heavy atom. The number of Topliss-reactive ketones (excluding diaryl/α,β-unsaturated/α-hetero) is 1. The molecule has 0 saturated carbocycles. The number of aromatic nitrogens is 2. The first kappa shape index (κ1) is 12.2. The van der Waals surface area contributed by atoms with Gasteiger partial charge in [-0.15, -0.1) is 0 Å². The molecule has 0 aliphatic heterocycles. The number of imidazole rings is 1. The van der Waals surface area contributed by atoms with Crippen LogP contribution in [0.4, 0.5) is 0 Å². The molecule has 19 heavy (non-hydrogen) atoms. The van der Waals surface area contributed by atoms with Gasteiger partial charge in [-0.3, -0.25) is 4.79 Å². The van der Waals surface area contributed by atoms with E-state index < -0.39 is 0 Å². The second-order valence-corrected chi connectivity index (χ2v) is 5.18. The van der Waals surface area contributed by atoms with Gasteiger partial charge in [0.15, 0.2) is 5.78 Å². The molecule has 0 saturated heterocycles. The molecule has 0 amide bonds. The Bertz CT molecular complexity index is 583. The fourth-order valence-corrected chi connectivity index (χ4v) is 2.77. The highest BCUT2D eigenvalue weighted by Crippen LogP contribution is 2.26. The monoisotopic (exact) mass is 254 g/mol. The van der Waals surface area contributed by atoms with Crippen molar-refractivity contribution in [3.8, 4) is 0 Å². The first-order valence-corrected chi connectivity index (χ1v) is 6.92. The van der Waals surface area contributed by atoms with Crippen LogP contribution in [0.1, 0.15) is 40.7 Å². The number of carbonyl (C=O) groups excluding carboxylic acids is 1. The molecular weight excluding hydrogens is 236 g/mol. The van der Waals surface area contributed by atoms with E-state index in [-0.39, 0.29) is 11.7 Å². The van der Waals surface area contributed by atoms with Gasteiger partial charge in [0.2, 0.25) is 0 Å². The largest absolute Gasteiger partial charge is 0.348 e. The average molecular weight is 254 g/mol. The van der Waals surface area contributed by atoms with Crippen LogP contribution < -0.4 is 0 Å². The molecule has 1 atom stereocenters. The van der Waals surface area contributed by atoms with Crippen molar-refractivity contribution in [2.24, 2.45) is 5.92 Å². The molecule has 0 radical (unpaired) electrons. The SMILES string of the molecule is CCc1ccc(C(=O)C2CCc3nc[nH]c3C2)cc1. The van der Waals surface area contributed by atoms with Crippen LogP contribution in [0.15, 0.2) is 30.6 Å². The second kappa shape index (κ2) is 5.00. The maximum Gasteiger partial charge on any atom is 0.166 e. The highest BCUT2D eigenvalue weighted by Gasteiger charge is 2.26. The van der Waals surface area contributed by atoms with E-state index in [1.54, 1.807) is 6.33 Å². The number of rotatable bonds is 3. The lowest BCUT2D eigenvalue weighted by Crippen LogP contribution is -2.22. The summed E-state index contributed by atoms with van der Waals surface area (Å²) < 4.78 is 0. The van der Waals surface area contributed by atoms with Crippen molar-refractivity contribution in [1.29, 1.82) is 0 Å². The van der Waals surface area contributed by atoms with Gasteiger partial charge in [-0.2, -0.15) is 0 Å². The standard InChI is InChI=1S/C16H18N2O/c1-2-11-3-5-12(6-4-11)16(19)13-7-8-14-15(9-13)18-10-17-14/h3-6,10,13H,2,7-9H2,1H3,(H,17,18). The lowest BCUT2D eigenvalue weighted by molar-refractivity contribution is 0.0907. The van der Waals surface area contributed by atoms with Gasteiger partial charge in [-0.25, -0.2) is 4.98 Å². The number of nitrogens with one attached hydrogen (secondary N) is 1. The molecule has 1 heterocycles. The highest BCUT2D eigenvalue weighted by atomic mass is 16.1. The number of benzene rings is 1. The second-order valence-electron chi connectivity index (χ2n) is 5.18. The highest BCUT2D eigenvalue weighted by molar-refractivity contribution is 5.98. The van der Waals surface area contributed by atoms with Gasteiger partial charge in [0.25, 0.3) is 0 Å². The Morgan fingerprint density at radius 2 is 2.16 bits per heavy atom. The topological polar surface area (TPSA) is 45.8 Å². The molecule has 3 heteroatoms. The quantitative estimate of drug-likeness (QED) is 0.856. The van der Waals surface area contributed by atoms with Gasteiger partial charge in [-0.05, 0) is 31.2 Å². The summed E-state index contributed by atoms with van der Waals surface area (Å²) >= 11 is 0. The predicted octanol–water partition coefficient (Wildman–Crippen LogP) is 2.96. The summed E-state index contributed by atoms with van der Waals surface area (Å²) in [5.41, 5.74) is 4.38. The number of hydrogen-bond acceptors (Lipinski definition) is 2. The smallest absolute Gasteiger partial charge is 0.166 e. The predicted molar refractivity (Wildman–Crippen MR) is 74.3 cm³/mol. The van der Waals surface area contributed by atoms with E-state index in [0.717, 1.165) is 42.6 Å². The lowest BCUT2D eigenvalue weighted by Gasteiger charge is -2.20. The van der Waals surface area contributed by atoms with Crippen molar-refractivity contribution in [2.75, 3.05) is 0 Å². The van der Waals surface area contributed by atoms with Gasteiger partial charge >= 0.3 is 0 Å². The number of nitrogens with zero attached hydrogens (tertiary/aromatic N) is 1. The van der Waals surface area contributed by atoms with Gasteiger partial charge in [0.1, 0.15) is 0 Å². The maximum absolute atomic E-state index is 12.5. The molecule has 1 aromatic heterocycles. The molecule has 1 aliphatic carbocycles. The zero-order valence-corrected chi connectivity index (χ0v) is 11.1. The molecule has 3 nitrogen and oxygen atoms in total. The van der Waals surface area contributed by atoms with Crippen LogP contribution in [0, 0.1) is 5.92 Å². The number of fused-ring (bicyclic) bond motifs is 1. The third-order valence-electron chi connectivity index (χ3n) is 4.01. The van der Waals surface area contributed by atoms with Crippen LogP contribution >= 0.6 is 0 Å². The number of carbonyl (C=O) groups is 1. The Labute approximate surface area is 113 Å². The van der Waals surface area contributed by atoms with E-state index in [1.807, 2.05) is 12.1 Å². The summed E-state index contributed by atoms with van der Waals surface area (Å²) in [5, 5.41) is 0. The molecule has 98 valence electrons. The minimum atomic E-state index is 0.0976. The lowest BCUT2D eigenvalue weighted by atomic mass is 9.84.